The number of pyridine rings is 1. The molecule has 1 amide bonds. The van der Waals surface area contributed by atoms with Gasteiger partial charge in [0.05, 0.1) is 11.4 Å². The number of nitriles is 1. The van der Waals surface area contributed by atoms with Crippen LogP contribution in [0.3, 0.4) is 0 Å². The maximum absolute atomic E-state index is 12.0. The van der Waals surface area contributed by atoms with E-state index in [2.05, 4.69) is 27.5 Å². The number of hydrogen-bond donors (Lipinski definition) is 1. The molecule has 0 saturated carbocycles. The van der Waals surface area contributed by atoms with Crippen LogP contribution in [0.4, 0.5) is 5.82 Å². The molecule has 0 atom stereocenters. The van der Waals surface area contributed by atoms with Crippen molar-refractivity contribution in [1.82, 2.24) is 19.9 Å². The summed E-state index contributed by atoms with van der Waals surface area (Å²) < 4.78 is 6.00. The topological polar surface area (TPSA) is 115 Å². The molecule has 2 aliphatic heterocycles. The molecule has 194 valence electrons. The van der Waals surface area contributed by atoms with E-state index < -0.39 is 0 Å². The fourth-order valence-corrected chi connectivity index (χ4v) is 5.56. The number of carbonyl (C=O) groups excluding carboxylic acids is 1. The Morgan fingerprint density at radius 2 is 1.97 bits per heavy atom. The molecule has 0 radical (unpaired) electrons. The second-order valence-electron chi connectivity index (χ2n) is 10.1. The molecule has 2 fully saturated rings. The Balaban J connectivity index is 1.42. The minimum atomic E-state index is -0.0675. The fourth-order valence-electron chi connectivity index (χ4n) is 5.56. The van der Waals surface area contributed by atoms with E-state index in [1.165, 1.54) is 6.08 Å². The number of amides is 1. The molecule has 2 aromatic carbocycles. The molecule has 9 heteroatoms. The zero-order chi connectivity index (χ0) is 27.0. The third kappa shape index (κ3) is 4.50. The summed E-state index contributed by atoms with van der Waals surface area (Å²) in [5.74, 6) is 0.490. The number of anilines is 1. The maximum Gasteiger partial charge on any atom is 0.319 e. The molecule has 0 unspecified atom stereocenters. The molecular weight excluding hydrogens is 492 g/mol. The molecule has 9 nitrogen and oxygen atoms in total. The summed E-state index contributed by atoms with van der Waals surface area (Å²) in [4.78, 5) is 29.6. The molecule has 1 spiro atoms. The smallest absolute Gasteiger partial charge is 0.319 e. The zero-order valence-electron chi connectivity index (χ0n) is 21.2. The summed E-state index contributed by atoms with van der Waals surface area (Å²) in [6, 6.07) is 19.0. The van der Waals surface area contributed by atoms with Gasteiger partial charge in [0, 0.05) is 43.4 Å². The number of rotatable bonds is 6. The fraction of sp³-hybridized carbons (Fsp3) is 0.233. The lowest BCUT2D eigenvalue weighted by molar-refractivity contribution is -0.136. The highest BCUT2D eigenvalue weighted by Crippen LogP contribution is 2.43. The van der Waals surface area contributed by atoms with Crippen molar-refractivity contribution in [1.29, 1.82) is 5.26 Å². The monoisotopic (exact) mass is 518 g/mol. The zero-order valence-corrected chi connectivity index (χ0v) is 21.2. The summed E-state index contributed by atoms with van der Waals surface area (Å²) in [6.07, 6.45) is 3.91. The van der Waals surface area contributed by atoms with Crippen LogP contribution in [0.1, 0.15) is 17.7 Å². The summed E-state index contributed by atoms with van der Waals surface area (Å²) in [7, 11) is 0. The van der Waals surface area contributed by atoms with Crippen molar-refractivity contribution in [2.24, 2.45) is 5.41 Å². The number of carbonyl (C=O) groups is 1. The van der Waals surface area contributed by atoms with Crippen LogP contribution in [0.5, 0.6) is 11.8 Å². The molecule has 2 saturated heterocycles. The highest BCUT2D eigenvalue weighted by Gasteiger charge is 2.49. The third-order valence-electron chi connectivity index (χ3n) is 7.43. The number of aromatic nitrogens is 3. The van der Waals surface area contributed by atoms with Crippen LogP contribution >= 0.6 is 0 Å². The first kappa shape index (κ1) is 24.4. The number of fused-ring (bicyclic) bond motifs is 1. The molecule has 2 aliphatic rings. The van der Waals surface area contributed by atoms with Crippen LogP contribution < -0.4 is 9.64 Å². The first-order chi connectivity index (χ1) is 19.0. The van der Waals surface area contributed by atoms with Gasteiger partial charge in [-0.25, -0.2) is 0 Å². The van der Waals surface area contributed by atoms with Gasteiger partial charge in [0.15, 0.2) is 5.82 Å². The van der Waals surface area contributed by atoms with Gasteiger partial charge in [-0.05, 0) is 47.5 Å². The molecule has 2 aromatic heterocycles. The van der Waals surface area contributed by atoms with E-state index in [0.717, 1.165) is 22.9 Å². The molecule has 0 bridgehead atoms. The predicted octanol–water partition coefficient (Wildman–Crippen LogP) is 4.07. The second-order valence-corrected chi connectivity index (χ2v) is 10.1. The number of aromatic hydroxyl groups is 1. The average Bonchev–Trinajstić information content (AvgIpc) is 3.40. The number of hydrogen-bond acceptors (Lipinski definition) is 8. The molecule has 1 N–H and O–H groups in total. The van der Waals surface area contributed by atoms with Crippen molar-refractivity contribution in [2.75, 3.05) is 31.1 Å². The normalized spacial score (nSPS) is 15.7. The van der Waals surface area contributed by atoms with Gasteiger partial charge in [-0.15, -0.1) is 0 Å². The van der Waals surface area contributed by atoms with E-state index in [-0.39, 0.29) is 29.7 Å². The van der Waals surface area contributed by atoms with E-state index >= 15 is 0 Å². The molecule has 4 heterocycles. The summed E-state index contributed by atoms with van der Waals surface area (Å²) in [5, 5.41) is 22.6. The standard InChI is InChI=1S/C30H26N6O3/c1-2-26(38)36-18-30(19-36)10-12-35(17-30)28-25(15-31)27(24-14-22(37)13-20-7-3-4-9-23(20)24)33-29(34-28)39-16-21-8-5-6-11-32-21/h2-9,11,13-14,37H,1,10,12,16-19H2. The predicted molar refractivity (Wildman–Crippen MR) is 146 cm³/mol. The summed E-state index contributed by atoms with van der Waals surface area (Å²) >= 11 is 0. The lowest BCUT2D eigenvalue weighted by Gasteiger charge is -2.47. The Kier molecular flexibility index (Phi) is 6.08. The van der Waals surface area contributed by atoms with Gasteiger partial charge in [-0.3, -0.25) is 9.78 Å². The molecular formula is C30H26N6O3. The van der Waals surface area contributed by atoms with Crippen molar-refractivity contribution in [3.8, 4) is 29.1 Å². The Labute approximate surface area is 225 Å². The van der Waals surface area contributed by atoms with Crippen LogP contribution in [0.2, 0.25) is 0 Å². The Bertz CT molecular complexity index is 1630. The number of nitrogens with zero attached hydrogens (tertiary/aromatic N) is 6. The van der Waals surface area contributed by atoms with Crippen LogP contribution in [0.25, 0.3) is 22.0 Å². The minimum absolute atomic E-state index is 0.0524. The van der Waals surface area contributed by atoms with Crippen LogP contribution in [0, 0.1) is 16.7 Å². The van der Waals surface area contributed by atoms with E-state index in [4.69, 9.17) is 9.72 Å². The minimum Gasteiger partial charge on any atom is -0.508 e. The number of likely N-dealkylation sites (tertiary alicyclic amines) is 1. The number of ether oxygens (including phenoxy) is 1. The highest BCUT2D eigenvalue weighted by molar-refractivity contribution is 5.98. The maximum atomic E-state index is 12.0. The largest absolute Gasteiger partial charge is 0.508 e. The van der Waals surface area contributed by atoms with Crippen LogP contribution in [-0.4, -0.2) is 57.0 Å². The lowest BCUT2D eigenvalue weighted by Crippen LogP contribution is -2.59. The van der Waals surface area contributed by atoms with Gasteiger partial charge in [-0.2, -0.15) is 15.2 Å². The Morgan fingerprint density at radius 1 is 1.15 bits per heavy atom. The Morgan fingerprint density at radius 3 is 2.74 bits per heavy atom. The van der Waals surface area contributed by atoms with Gasteiger partial charge in [0.2, 0.25) is 5.91 Å². The van der Waals surface area contributed by atoms with E-state index in [1.54, 1.807) is 23.2 Å². The van der Waals surface area contributed by atoms with Gasteiger partial charge in [-0.1, -0.05) is 36.9 Å². The van der Waals surface area contributed by atoms with Crippen molar-refractivity contribution in [3.05, 3.63) is 84.7 Å². The van der Waals surface area contributed by atoms with E-state index in [0.29, 0.717) is 48.8 Å². The molecule has 0 aliphatic carbocycles. The van der Waals surface area contributed by atoms with Gasteiger partial charge >= 0.3 is 6.01 Å². The summed E-state index contributed by atoms with van der Waals surface area (Å²) in [5.41, 5.74) is 1.99. The first-order valence-electron chi connectivity index (χ1n) is 12.7. The van der Waals surface area contributed by atoms with Crippen molar-refractivity contribution < 1.29 is 14.6 Å². The van der Waals surface area contributed by atoms with Gasteiger partial charge in [0.25, 0.3) is 0 Å². The molecule has 4 aromatic rings. The lowest BCUT2D eigenvalue weighted by atomic mass is 9.79. The SMILES string of the molecule is C=CC(=O)N1CC2(CCN(c3nc(OCc4ccccn4)nc(-c4cc(O)cc5ccccc45)c3C#N)C2)C1. The van der Waals surface area contributed by atoms with E-state index in [9.17, 15) is 15.2 Å². The van der Waals surface area contributed by atoms with Gasteiger partial charge in [0.1, 0.15) is 24.0 Å². The number of benzene rings is 2. The highest BCUT2D eigenvalue weighted by atomic mass is 16.5. The average molecular weight is 519 g/mol. The molecule has 39 heavy (non-hydrogen) atoms. The second kappa shape index (κ2) is 9.72. The van der Waals surface area contributed by atoms with Crippen LogP contribution in [-0.2, 0) is 11.4 Å². The summed E-state index contributed by atoms with van der Waals surface area (Å²) in [6.45, 7) is 6.38. The number of phenols is 1. The molecule has 6 rings (SSSR count). The van der Waals surface area contributed by atoms with E-state index in [1.807, 2.05) is 42.5 Å². The first-order valence-corrected chi connectivity index (χ1v) is 12.7. The number of phenolic OH excluding ortho intramolecular Hbond substituents is 1. The van der Waals surface area contributed by atoms with Crippen molar-refractivity contribution >= 4 is 22.5 Å². The quantitative estimate of drug-likeness (QED) is 0.380. The van der Waals surface area contributed by atoms with Crippen molar-refractivity contribution in [3.63, 3.8) is 0 Å². The van der Waals surface area contributed by atoms with Crippen LogP contribution in [0.15, 0.2) is 73.4 Å². The van der Waals surface area contributed by atoms with Crippen molar-refractivity contribution in [2.45, 2.75) is 13.0 Å². The Hall–Kier alpha value is -4.97. The van der Waals surface area contributed by atoms with Gasteiger partial charge < -0.3 is 19.6 Å². The third-order valence-corrected chi connectivity index (χ3v) is 7.43.